The van der Waals surface area contributed by atoms with Gasteiger partial charge in [0.1, 0.15) is 5.75 Å². The number of carboxylic acid groups (broad SMARTS) is 1. The summed E-state index contributed by atoms with van der Waals surface area (Å²) in [5.74, 6) is 0.525. The molecule has 0 radical (unpaired) electrons. The van der Waals surface area contributed by atoms with E-state index < -0.39 is 5.97 Å². The Morgan fingerprint density at radius 2 is 1.87 bits per heavy atom. The summed E-state index contributed by atoms with van der Waals surface area (Å²) in [6.45, 7) is 2.01. The normalized spacial score (nSPS) is 10.3. The number of hydrogen-bond acceptors (Lipinski definition) is 4. The van der Waals surface area contributed by atoms with Crippen LogP contribution in [0.2, 0.25) is 0 Å². The molecule has 1 aromatic heterocycles. The van der Waals surface area contributed by atoms with Gasteiger partial charge in [-0.15, -0.1) is 0 Å². The summed E-state index contributed by atoms with van der Waals surface area (Å²) < 4.78 is 5.66. The second-order valence-electron chi connectivity index (χ2n) is 5.02. The fraction of sp³-hybridized carbons (Fsp3) is 0.0556. The molecule has 1 heterocycles. The number of carbonyl (C=O) groups is 1. The summed E-state index contributed by atoms with van der Waals surface area (Å²) in [7, 11) is 0. The Bertz CT molecular complexity index is 845. The van der Waals surface area contributed by atoms with Crippen molar-refractivity contribution in [3.05, 3.63) is 71.9 Å². The molecule has 0 fully saturated rings. The monoisotopic (exact) mass is 306 g/mol. The van der Waals surface area contributed by atoms with Gasteiger partial charge in [0.15, 0.2) is 5.82 Å². The maximum absolute atomic E-state index is 10.8. The summed E-state index contributed by atoms with van der Waals surface area (Å²) in [5, 5.41) is 8.89. The van der Waals surface area contributed by atoms with Crippen LogP contribution < -0.4 is 4.74 Å². The van der Waals surface area contributed by atoms with Crippen molar-refractivity contribution in [2.24, 2.45) is 0 Å². The Morgan fingerprint density at radius 3 is 2.57 bits per heavy atom. The molecule has 3 aromatic rings. The first-order valence-corrected chi connectivity index (χ1v) is 7.03. The molecule has 0 bridgehead atoms. The van der Waals surface area contributed by atoms with Gasteiger partial charge in [-0.25, -0.2) is 9.78 Å². The van der Waals surface area contributed by atoms with E-state index in [1.165, 1.54) is 12.1 Å². The van der Waals surface area contributed by atoms with Crippen molar-refractivity contribution in [2.45, 2.75) is 6.92 Å². The molecular formula is C18H14N2O3. The van der Waals surface area contributed by atoms with Crippen LogP contribution in [0, 0.1) is 6.92 Å². The minimum absolute atomic E-state index is 0.209. The second kappa shape index (κ2) is 6.27. The molecule has 5 heteroatoms. The van der Waals surface area contributed by atoms with Gasteiger partial charge in [0, 0.05) is 17.8 Å². The molecule has 0 atom stereocenters. The Morgan fingerprint density at radius 1 is 1.09 bits per heavy atom. The standard InChI is InChI=1S/C18H14N2O3/c1-12-3-2-4-14(11-12)17-19-10-9-16(20-17)23-15-7-5-13(6-8-15)18(21)22/h2-11H,1H3,(H,21,22). The average Bonchev–Trinajstić information content (AvgIpc) is 2.56. The van der Waals surface area contributed by atoms with Gasteiger partial charge >= 0.3 is 5.97 Å². The van der Waals surface area contributed by atoms with E-state index in [2.05, 4.69) is 9.97 Å². The predicted octanol–water partition coefficient (Wildman–Crippen LogP) is 3.94. The third kappa shape index (κ3) is 3.52. The zero-order chi connectivity index (χ0) is 16.2. The third-order valence-electron chi connectivity index (χ3n) is 3.23. The lowest BCUT2D eigenvalue weighted by Crippen LogP contribution is -1.96. The number of aromatic nitrogens is 2. The van der Waals surface area contributed by atoms with E-state index in [0.29, 0.717) is 17.5 Å². The van der Waals surface area contributed by atoms with Gasteiger partial charge in [-0.2, -0.15) is 4.98 Å². The molecular weight excluding hydrogens is 292 g/mol. The quantitative estimate of drug-likeness (QED) is 0.790. The Hall–Kier alpha value is -3.21. The van der Waals surface area contributed by atoms with E-state index >= 15 is 0 Å². The van der Waals surface area contributed by atoms with Crippen LogP contribution in [0.25, 0.3) is 11.4 Å². The third-order valence-corrected chi connectivity index (χ3v) is 3.23. The fourth-order valence-electron chi connectivity index (χ4n) is 2.11. The zero-order valence-corrected chi connectivity index (χ0v) is 12.4. The summed E-state index contributed by atoms with van der Waals surface area (Å²) in [4.78, 5) is 19.5. The van der Waals surface area contributed by atoms with Crippen molar-refractivity contribution in [1.29, 1.82) is 0 Å². The van der Waals surface area contributed by atoms with Crippen LogP contribution in [0.15, 0.2) is 60.8 Å². The SMILES string of the molecule is Cc1cccc(-c2nccc(Oc3ccc(C(=O)O)cc3)n2)c1. The molecule has 1 N–H and O–H groups in total. The van der Waals surface area contributed by atoms with Crippen LogP contribution in [-0.4, -0.2) is 21.0 Å². The lowest BCUT2D eigenvalue weighted by atomic mass is 10.1. The molecule has 0 saturated carbocycles. The molecule has 23 heavy (non-hydrogen) atoms. The van der Waals surface area contributed by atoms with Crippen molar-refractivity contribution in [3.63, 3.8) is 0 Å². The zero-order valence-electron chi connectivity index (χ0n) is 12.4. The number of aromatic carboxylic acids is 1. The summed E-state index contributed by atoms with van der Waals surface area (Å²) in [6, 6.07) is 15.7. The van der Waals surface area contributed by atoms with Crippen LogP contribution in [0.3, 0.4) is 0 Å². The first kappa shape index (κ1) is 14.7. The first-order valence-electron chi connectivity index (χ1n) is 7.03. The molecule has 5 nitrogen and oxygen atoms in total. The van der Waals surface area contributed by atoms with Gasteiger partial charge in [-0.1, -0.05) is 23.8 Å². The smallest absolute Gasteiger partial charge is 0.335 e. The molecule has 2 aromatic carbocycles. The fourth-order valence-corrected chi connectivity index (χ4v) is 2.11. The van der Waals surface area contributed by atoms with Crippen LogP contribution >= 0.6 is 0 Å². The average molecular weight is 306 g/mol. The van der Waals surface area contributed by atoms with Crippen LogP contribution in [-0.2, 0) is 0 Å². The van der Waals surface area contributed by atoms with Crippen molar-refractivity contribution < 1.29 is 14.6 Å². The highest BCUT2D eigenvalue weighted by atomic mass is 16.5. The van der Waals surface area contributed by atoms with E-state index in [0.717, 1.165) is 11.1 Å². The van der Waals surface area contributed by atoms with Gasteiger partial charge in [0.05, 0.1) is 5.56 Å². The second-order valence-corrected chi connectivity index (χ2v) is 5.02. The maximum Gasteiger partial charge on any atom is 0.335 e. The summed E-state index contributed by atoms with van der Waals surface area (Å²) in [6.07, 6.45) is 1.63. The van der Waals surface area contributed by atoms with E-state index in [4.69, 9.17) is 9.84 Å². The molecule has 0 amide bonds. The van der Waals surface area contributed by atoms with Crippen LogP contribution in [0.5, 0.6) is 11.6 Å². The van der Waals surface area contributed by atoms with Gasteiger partial charge in [0.25, 0.3) is 0 Å². The maximum atomic E-state index is 10.8. The number of rotatable bonds is 4. The van der Waals surface area contributed by atoms with Crippen molar-refractivity contribution >= 4 is 5.97 Å². The van der Waals surface area contributed by atoms with Crippen molar-refractivity contribution in [3.8, 4) is 23.0 Å². The van der Waals surface area contributed by atoms with Gasteiger partial charge in [-0.05, 0) is 37.3 Å². The molecule has 0 aliphatic heterocycles. The molecule has 114 valence electrons. The predicted molar refractivity (Wildman–Crippen MR) is 85.7 cm³/mol. The Labute approximate surface area is 133 Å². The molecule has 0 unspecified atom stereocenters. The van der Waals surface area contributed by atoms with Crippen molar-refractivity contribution in [2.75, 3.05) is 0 Å². The summed E-state index contributed by atoms with van der Waals surface area (Å²) in [5.41, 5.74) is 2.25. The van der Waals surface area contributed by atoms with Crippen molar-refractivity contribution in [1.82, 2.24) is 9.97 Å². The van der Waals surface area contributed by atoms with E-state index in [1.54, 1.807) is 24.4 Å². The van der Waals surface area contributed by atoms with E-state index in [-0.39, 0.29) is 5.56 Å². The molecule has 0 aliphatic carbocycles. The number of hydrogen-bond donors (Lipinski definition) is 1. The van der Waals surface area contributed by atoms with Crippen LogP contribution in [0.1, 0.15) is 15.9 Å². The number of aryl methyl sites for hydroxylation is 1. The highest BCUT2D eigenvalue weighted by Crippen LogP contribution is 2.23. The van der Waals surface area contributed by atoms with E-state index in [9.17, 15) is 4.79 Å². The molecule has 0 aliphatic rings. The largest absolute Gasteiger partial charge is 0.478 e. The first-order chi connectivity index (χ1) is 11.1. The molecule has 3 rings (SSSR count). The number of benzene rings is 2. The minimum atomic E-state index is -0.972. The highest BCUT2D eigenvalue weighted by molar-refractivity contribution is 5.87. The lowest BCUT2D eigenvalue weighted by molar-refractivity contribution is 0.0697. The Kier molecular flexibility index (Phi) is 4.01. The lowest BCUT2D eigenvalue weighted by Gasteiger charge is -2.07. The van der Waals surface area contributed by atoms with Gasteiger partial charge in [-0.3, -0.25) is 0 Å². The van der Waals surface area contributed by atoms with Gasteiger partial charge in [0.2, 0.25) is 5.88 Å². The highest BCUT2D eigenvalue weighted by Gasteiger charge is 2.06. The minimum Gasteiger partial charge on any atom is -0.478 e. The van der Waals surface area contributed by atoms with Gasteiger partial charge < -0.3 is 9.84 Å². The number of carboxylic acids is 1. The topological polar surface area (TPSA) is 72.3 Å². The molecule has 0 saturated heterocycles. The van der Waals surface area contributed by atoms with Crippen LogP contribution in [0.4, 0.5) is 0 Å². The van der Waals surface area contributed by atoms with E-state index in [1.807, 2.05) is 31.2 Å². The number of nitrogens with zero attached hydrogens (tertiary/aromatic N) is 2. The molecule has 0 spiro atoms. The Balaban J connectivity index is 1.84. The number of ether oxygens (including phenoxy) is 1. The summed E-state index contributed by atoms with van der Waals surface area (Å²) >= 11 is 0.